The Bertz CT molecular complexity index is 406. The van der Waals surface area contributed by atoms with Gasteiger partial charge in [0.1, 0.15) is 6.61 Å². The summed E-state index contributed by atoms with van der Waals surface area (Å²) in [5.74, 6) is 0.0727. The number of nitrogens with zero attached hydrogens (tertiary/aromatic N) is 1. The molecule has 0 unspecified atom stereocenters. The van der Waals surface area contributed by atoms with Crippen LogP contribution in [0, 0.1) is 0 Å². The average molecular weight is 313 g/mol. The van der Waals surface area contributed by atoms with Crippen molar-refractivity contribution >= 4 is 21.8 Å². The fraction of sp³-hybridized carbons (Fsp3) is 0.462. The van der Waals surface area contributed by atoms with Gasteiger partial charge in [-0.05, 0) is 11.6 Å². The number of carbonyl (C=O) groups excluding carboxylic acids is 1. The lowest BCUT2D eigenvalue weighted by Crippen LogP contribution is -2.47. The second kappa shape index (κ2) is 6.87. The van der Waals surface area contributed by atoms with Crippen LogP contribution in [-0.4, -0.2) is 43.6 Å². The van der Waals surface area contributed by atoms with Gasteiger partial charge in [-0.2, -0.15) is 0 Å². The van der Waals surface area contributed by atoms with Gasteiger partial charge in [-0.15, -0.1) is 0 Å². The van der Waals surface area contributed by atoms with Crippen molar-refractivity contribution in [2.45, 2.75) is 6.61 Å². The lowest BCUT2D eigenvalue weighted by atomic mass is 10.2. The van der Waals surface area contributed by atoms with Crippen LogP contribution < -0.4 is 5.32 Å². The van der Waals surface area contributed by atoms with E-state index in [1.807, 2.05) is 29.2 Å². The molecule has 0 spiro atoms. The van der Waals surface area contributed by atoms with E-state index < -0.39 is 0 Å². The van der Waals surface area contributed by atoms with Crippen LogP contribution in [0.5, 0.6) is 0 Å². The summed E-state index contributed by atoms with van der Waals surface area (Å²) in [6.45, 7) is 3.90. The van der Waals surface area contributed by atoms with Crippen molar-refractivity contribution in [3.8, 4) is 0 Å². The number of amides is 1. The van der Waals surface area contributed by atoms with Crippen molar-refractivity contribution in [3.63, 3.8) is 0 Å². The van der Waals surface area contributed by atoms with Crippen molar-refractivity contribution < 1.29 is 9.53 Å². The monoisotopic (exact) mass is 312 g/mol. The molecule has 1 N–H and O–H groups in total. The van der Waals surface area contributed by atoms with E-state index in [0.29, 0.717) is 6.61 Å². The second-order valence-corrected chi connectivity index (χ2v) is 5.07. The molecule has 1 aliphatic heterocycles. The molecule has 1 saturated heterocycles. The molecule has 1 aliphatic rings. The normalized spacial score (nSPS) is 15.7. The minimum absolute atomic E-state index is 0.0727. The molecular weight excluding hydrogens is 296 g/mol. The van der Waals surface area contributed by atoms with Gasteiger partial charge in [0.2, 0.25) is 5.91 Å². The molecule has 0 saturated carbocycles. The molecule has 1 fully saturated rings. The highest BCUT2D eigenvalue weighted by atomic mass is 79.9. The van der Waals surface area contributed by atoms with Crippen LogP contribution in [0.3, 0.4) is 0 Å². The summed E-state index contributed by atoms with van der Waals surface area (Å²) in [5.41, 5.74) is 1.06. The Hall–Kier alpha value is -0.910. The summed E-state index contributed by atoms with van der Waals surface area (Å²) >= 11 is 3.46. The maximum atomic E-state index is 11.8. The molecule has 5 heteroatoms. The first-order chi connectivity index (χ1) is 8.77. The van der Waals surface area contributed by atoms with Gasteiger partial charge in [-0.25, -0.2) is 0 Å². The molecule has 0 atom stereocenters. The van der Waals surface area contributed by atoms with E-state index in [4.69, 9.17) is 4.74 Å². The maximum absolute atomic E-state index is 11.8. The van der Waals surface area contributed by atoms with Gasteiger partial charge in [-0.1, -0.05) is 34.1 Å². The molecule has 0 bridgehead atoms. The van der Waals surface area contributed by atoms with Crippen LogP contribution in [0.4, 0.5) is 0 Å². The third kappa shape index (κ3) is 3.80. The number of carbonyl (C=O) groups is 1. The molecule has 0 aromatic heterocycles. The first kappa shape index (κ1) is 13.5. The summed E-state index contributed by atoms with van der Waals surface area (Å²) in [6, 6.07) is 7.87. The van der Waals surface area contributed by atoms with Gasteiger partial charge < -0.3 is 15.0 Å². The zero-order chi connectivity index (χ0) is 12.8. The van der Waals surface area contributed by atoms with Gasteiger partial charge >= 0.3 is 0 Å². The van der Waals surface area contributed by atoms with E-state index >= 15 is 0 Å². The number of piperazine rings is 1. The zero-order valence-electron chi connectivity index (χ0n) is 10.2. The first-order valence-electron chi connectivity index (χ1n) is 6.07. The lowest BCUT2D eigenvalue weighted by Gasteiger charge is -2.27. The van der Waals surface area contributed by atoms with E-state index in [2.05, 4.69) is 21.2 Å². The number of hydrogen-bond acceptors (Lipinski definition) is 3. The Morgan fingerprint density at radius 1 is 1.33 bits per heavy atom. The predicted octanol–water partition coefficient (Wildman–Crippen LogP) is 1.40. The van der Waals surface area contributed by atoms with Crippen LogP contribution in [0.1, 0.15) is 5.56 Å². The summed E-state index contributed by atoms with van der Waals surface area (Å²) in [5, 5.41) is 3.22. The highest BCUT2D eigenvalue weighted by Crippen LogP contribution is 2.16. The third-order valence-electron chi connectivity index (χ3n) is 2.91. The van der Waals surface area contributed by atoms with Gasteiger partial charge in [0, 0.05) is 30.7 Å². The molecule has 1 aromatic carbocycles. The number of halogens is 1. The summed E-state index contributed by atoms with van der Waals surface area (Å²) in [7, 11) is 0. The van der Waals surface area contributed by atoms with Crippen LogP contribution in [0.2, 0.25) is 0 Å². The second-order valence-electron chi connectivity index (χ2n) is 4.21. The quantitative estimate of drug-likeness (QED) is 0.913. The van der Waals surface area contributed by atoms with E-state index in [0.717, 1.165) is 36.2 Å². The molecule has 98 valence electrons. The molecule has 4 nitrogen and oxygen atoms in total. The van der Waals surface area contributed by atoms with E-state index in [-0.39, 0.29) is 12.5 Å². The van der Waals surface area contributed by atoms with Crippen LogP contribution in [-0.2, 0) is 16.1 Å². The Morgan fingerprint density at radius 3 is 2.78 bits per heavy atom. The summed E-state index contributed by atoms with van der Waals surface area (Å²) < 4.78 is 6.49. The van der Waals surface area contributed by atoms with Crippen LogP contribution >= 0.6 is 15.9 Å². The number of ether oxygens (including phenoxy) is 1. The van der Waals surface area contributed by atoms with Crippen molar-refractivity contribution in [1.29, 1.82) is 0 Å². The zero-order valence-corrected chi connectivity index (χ0v) is 11.8. The Balaban J connectivity index is 1.75. The van der Waals surface area contributed by atoms with Gasteiger partial charge in [-0.3, -0.25) is 4.79 Å². The molecule has 0 radical (unpaired) electrons. The number of benzene rings is 1. The van der Waals surface area contributed by atoms with Crippen molar-refractivity contribution in [2.75, 3.05) is 32.8 Å². The van der Waals surface area contributed by atoms with Crippen molar-refractivity contribution in [3.05, 3.63) is 34.3 Å². The van der Waals surface area contributed by atoms with Gasteiger partial charge in [0.05, 0.1) is 6.61 Å². The lowest BCUT2D eigenvalue weighted by molar-refractivity contribution is -0.137. The van der Waals surface area contributed by atoms with E-state index in [1.54, 1.807) is 0 Å². The first-order valence-corrected chi connectivity index (χ1v) is 6.86. The molecule has 2 rings (SSSR count). The highest BCUT2D eigenvalue weighted by Gasteiger charge is 2.15. The summed E-state index contributed by atoms with van der Waals surface area (Å²) in [6.07, 6.45) is 0. The number of nitrogens with one attached hydrogen (secondary N) is 1. The van der Waals surface area contributed by atoms with E-state index in [9.17, 15) is 4.79 Å². The Labute approximate surface area is 115 Å². The Kier molecular flexibility index (Phi) is 5.16. The van der Waals surface area contributed by atoms with Gasteiger partial charge in [0.25, 0.3) is 0 Å². The highest BCUT2D eigenvalue weighted by molar-refractivity contribution is 9.10. The molecule has 1 heterocycles. The van der Waals surface area contributed by atoms with Crippen LogP contribution in [0.25, 0.3) is 0 Å². The topological polar surface area (TPSA) is 41.6 Å². The standard InChI is InChI=1S/C13H17BrN2O2/c14-12-4-2-1-3-11(12)9-18-10-13(17)16-7-5-15-6-8-16/h1-4,15H,5-10H2. The fourth-order valence-corrected chi connectivity index (χ4v) is 2.27. The van der Waals surface area contributed by atoms with Crippen molar-refractivity contribution in [2.24, 2.45) is 0 Å². The maximum Gasteiger partial charge on any atom is 0.248 e. The number of rotatable bonds is 4. The molecule has 18 heavy (non-hydrogen) atoms. The molecular formula is C13H17BrN2O2. The molecule has 1 amide bonds. The van der Waals surface area contributed by atoms with E-state index in [1.165, 1.54) is 0 Å². The minimum atomic E-state index is 0.0727. The third-order valence-corrected chi connectivity index (χ3v) is 3.68. The molecule has 0 aliphatic carbocycles. The Morgan fingerprint density at radius 2 is 2.06 bits per heavy atom. The van der Waals surface area contributed by atoms with Crippen molar-refractivity contribution in [1.82, 2.24) is 10.2 Å². The smallest absolute Gasteiger partial charge is 0.248 e. The van der Waals surface area contributed by atoms with Gasteiger partial charge in [0.15, 0.2) is 0 Å². The fourth-order valence-electron chi connectivity index (χ4n) is 1.87. The minimum Gasteiger partial charge on any atom is -0.367 e. The average Bonchev–Trinajstić information content (AvgIpc) is 2.42. The molecule has 1 aromatic rings. The summed E-state index contributed by atoms with van der Waals surface area (Å²) in [4.78, 5) is 13.7. The van der Waals surface area contributed by atoms with Crippen LogP contribution in [0.15, 0.2) is 28.7 Å². The predicted molar refractivity (Wildman–Crippen MR) is 73.2 cm³/mol. The SMILES string of the molecule is O=C(COCc1ccccc1Br)N1CCNCC1. The number of hydrogen-bond donors (Lipinski definition) is 1. The largest absolute Gasteiger partial charge is 0.367 e.